The number of nitrogens with zero attached hydrogens (tertiary/aromatic N) is 1. The predicted octanol–water partition coefficient (Wildman–Crippen LogP) is 6.23. The quantitative estimate of drug-likeness (QED) is 0.358. The minimum atomic E-state index is -1.02. The van der Waals surface area contributed by atoms with E-state index in [1.54, 1.807) is 6.08 Å². The molecule has 1 aliphatic rings. The Bertz CT molecular complexity index is 1100. The first kappa shape index (κ1) is 21.0. The second-order valence-electron chi connectivity index (χ2n) is 7.04. The van der Waals surface area contributed by atoms with Gasteiger partial charge in [-0.1, -0.05) is 72.5 Å². The molecule has 1 unspecified atom stereocenters. The highest BCUT2D eigenvalue weighted by Gasteiger charge is 2.36. The number of thiocarbonyl (C=S) groups is 1. The Hall–Kier alpha value is -3.22. The van der Waals surface area contributed by atoms with Gasteiger partial charge in [0.05, 0.1) is 21.4 Å². The van der Waals surface area contributed by atoms with E-state index >= 15 is 0 Å². The van der Waals surface area contributed by atoms with E-state index in [1.165, 1.54) is 11.8 Å². The predicted molar refractivity (Wildman–Crippen MR) is 130 cm³/mol. The largest absolute Gasteiger partial charge is 0.481 e. The molecule has 1 aliphatic heterocycles. The molecule has 6 heteroatoms. The number of carboxylic acid groups (broad SMARTS) is 1. The number of aliphatic carboxylic acids is 1. The average molecular weight is 446 g/mol. The van der Waals surface area contributed by atoms with Gasteiger partial charge in [0.25, 0.3) is 0 Å². The van der Waals surface area contributed by atoms with Crippen molar-refractivity contribution in [1.29, 1.82) is 0 Å². The average Bonchev–Trinajstić information content (AvgIpc) is 3.03. The van der Waals surface area contributed by atoms with Crippen LogP contribution in [-0.2, 0) is 9.59 Å². The highest BCUT2D eigenvalue weighted by molar-refractivity contribution is 8.27. The first-order valence-corrected chi connectivity index (χ1v) is 10.9. The molecule has 1 fully saturated rings. The summed E-state index contributed by atoms with van der Waals surface area (Å²) in [6, 6.07) is 28.1. The number of benzene rings is 3. The summed E-state index contributed by atoms with van der Waals surface area (Å²) in [5.41, 5.74) is 3.94. The molecule has 4 rings (SSSR count). The normalized spacial score (nSPS) is 17.2. The molecular formula is C25H19NO3S2. The molecule has 0 radical (unpaired) electrons. The Kier molecular flexibility index (Phi) is 6.30. The first-order chi connectivity index (χ1) is 15.0. The van der Waals surface area contributed by atoms with Crippen molar-refractivity contribution in [3.63, 3.8) is 0 Å². The fourth-order valence-corrected chi connectivity index (χ4v) is 4.88. The van der Waals surface area contributed by atoms with Crippen LogP contribution in [0.2, 0.25) is 0 Å². The molecule has 0 aromatic heterocycles. The lowest BCUT2D eigenvalue weighted by atomic mass is 10.0. The van der Waals surface area contributed by atoms with Gasteiger partial charge < -0.3 is 10.0 Å². The summed E-state index contributed by atoms with van der Waals surface area (Å²) in [5, 5.41) is 9.01. The van der Waals surface area contributed by atoms with Crippen molar-refractivity contribution in [1.82, 2.24) is 0 Å². The van der Waals surface area contributed by atoms with E-state index in [1.807, 2.05) is 60.7 Å². The molecule has 0 aliphatic carbocycles. The van der Waals surface area contributed by atoms with Gasteiger partial charge in [-0.25, -0.2) is 0 Å². The van der Waals surface area contributed by atoms with Crippen molar-refractivity contribution in [3.05, 3.63) is 95.4 Å². The van der Waals surface area contributed by atoms with Gasteiger partial charge in [-0.15, -0.1) is 0 Å². The van der Waals surface area contributed by atoms with Crippen LogP contribution in [0.3, 0.4) is 0 Å². The Balaban J connectivity index is 1.63. The summed E-state index contributed by atoms with van der Waals surface area (Å²) >= 11 is 6.42. The molecule has 0 amide bonds. The molecule has 3 aromatic rings. The van der Waals surface area contributed by atoms with Crippen LogP contribution in [0.1, 0.15) is 12.0 Å². The molecule has 31 heavy (non-hydrogen) atoms. The topological polar surface area (TPSA) is 57.6 Å². The number of anilines is 3. The number of para-hydroxylation sites is 2. The SMILES string of the molecule is O=C(O)CC1C(=O)/C(=C\c2ccc(N(c3ccccc3)c3ccccc3)cc2)SC1=S. The van der Waals surface area contributed by atoms with Gasteiger partial charge in [-0.3, -0.25) is 9.59 Å². The molecule has 1 saturated heterocycles. The number of thioether (sulfide) groups is 1. The standard InChI is InChI=1S/C25H19NO3S2/c27-23(28)16-21-24(29)22(31-25(21)30)15-17-11-13-20(14-12-17)26(18-7-3-1-4-8-18)19-9-5-2-6-10-19/h1-15,21H,16H2,(H,27,28)/b22-15+. The molecular weight excluding hydrogens is 426 g/mol. The van der Waals surface area contributed by atoms with Crippen molar-refractivity contribution in [3.8, 4) is 0 Å². The van der Waals surface area contributed by atoms with Gasteiger partial charge in [0.1, 0.15) is 0 Å². The van der Waals surface area contributed by atoms with E-state index in [4.69, 9.17) is 17.3 Å². The smallest absolute Gasteiger partial charge is 0.304 e. The van der Waals surface area contributed by atoms with Gasteiger partial charge in [0, 0.05) is 17.1 Å². The summed E-state index contributed by atoms with van der Waals surface area (Å²) in [4.78, 5) is 26.2. The van der Waals surface area contributed by atoms with Gasteiger partial charge in [0.2, 0.25) is 0 Å². The minimum Gasteiger partial charge on any atom is -0.481 e. The van der Waals surface area contributed by atoms with Crippen LogP contribution in [0.25, 0.3) is 6.08 Å². The molecule has 1 heterocycles. The number of carboxylic acids is 1. The van der Waals surface area contributed by atoms with Crippen LogP contribution in [0.15, 0.2) is 89.8 Å². The van der Waals surface area contributed by atoms with Crippen LogP contribution in [0, 0.1) is 5.92 Å². The lowest BCUT2D eigenvalue weighted by Gasteiger charge is -2.25. The molecule has 4 nitrogen and oxygen atoms in total. The maximum absolute atomic E-state index is 12.6. The van der Waals surface area contributed by atoms with E-state index in [2.05, 4.69) is 29.2 Å². The summed E-state index contributed by atoms with van der Waals surface area (Å²) in [6.45, 7) is 0. The van der Waals surface area contributed by atoms with E-state index < -0.39 is 11.9 Å². The van der Waals surface area contributed by atoms with E-state index in [0.717, 1.165) is 22.6 Å². The third kappa shape index (κ3) is 4.76. The maximum Gasteiger partial charge on any atom is 0.304 e. The van der Waals surface area contributed by atoms with Crippen molar-refractivity contribution >= 4 is 63.1 Å². The van der Waals surface area contributed by atoms with Crippen molar-refractivity contribution in [2.75, 3.05) is 4.90 Å². The van der Waals surface area contributed by atoms with Crippen LogP contribution >= 0.6 is 24.0 Å². The zero-order valence-electron chi connectivity index (χ0n) is 16.5. The molecule has 154 valence electrons. The number of hydrogen-bond donors (Lipinski definition) is 1. The van der Waals surface area contributed by atoms with Crippen molar-refractivity contribution < 1.29 is 14.7 Å². The lowest BCUT2D eigenvalue weighted by molar-refractivity contribution is -0.139. The highest BCUT2D eigenvalue weighted by Crippen LogP contribution is 2.38. The summed E-state index contributed by atoms with van der Waals surface area (Å²) < 4.78 is 0.426. The number of rotatable bonds is 6. The molecule has 0 bridgehead atoms. The minimum absolute atomic E-state index is 0.211. The Morgan fingerprint density at radius 3 is 1.94 bits per heavy atom. The fraction of sp³-hybridized carbons (Fsp3) is 0.0800. The third-order valence-electron chi connectivity index (χ3n) is 4.91. The number of ketones is 1. The van der Waals surface area contributed by atoms with Crippen molar-refractivity contribution in [2.45, 2.75) is 6.42 Å². The maximum atomic E-state index is 12.6. The zero-order chi connectivity index (χ0) is 21.8. The molecule has 1 atom stereocenters. The number of carbonyl (C=O) groups is 2. The first-order valence-electron chi connectivity index (χ1n) is 9.72. The summed E-state index contributed by atoms with van der Waals surface area (Å²) in [5.74, 6) is -1.96. The second kappa shape index (κ2) is 9.29. The highest BCUT2D eigenvalue weighted by atomic mass is 32.2. The Morgan fingerprint density at radius 1 is 0.903 bits per heavy atom. The fourth-order valence-electron chi connectivity index (χ4n) is 3.43. The van der Waals surface area contributed by atoms with Crippen LogP contribution in [-0.4, -0.2) is 21.1 Å². The van der Waals surface area contributed by atoms with E-state index in [0.29, 0.717) is 9.10 Å². The zero-order valence-corrected chi connectivity index (χ0v) is 18.1. The Morgan fingerprint density at radius 2 is 1.42 bits per heavy atom. The van der Waals surface area contributed by atoms with Gasteiger partial charge in [-0.2, -0.15) is 0 Å². The third-order valence-corrected chi connectivity index (χ3v) is 6.47. The van der Waals surface area contributed by atoms with Crippen LogP contribution in [0.4, 0.5) is 17.1 Å². The van der Waals surface area contributed by atoms with Crippen LogP contribution < -0.4 is 4.90 Å². The summed E-state index contributed by atoms with van der Waals surface area (Å²) in [7, 11) is 0. The molecule has 0 saturated carbocycles. The van der Waals surface area contributed by atoms with Crippen LogP contribution in [0.5, 0.6) is 0 Å². The van der Waals surface area contributed by atoms with Crippen molar-refractivity contribution in [2.24, 2.45) is 5.92 Å². The number of Topliss-reactive ketones (excluding diaryl/α,β-unsaturated/α-hetero) is 1. The lowest BCUT2D eigenvalue weighted by Crippen LogP contribution is -2.17. The molecule has 3 aromatic carbocycles. The summed E-state index contributed by atoms with van der Waals surface area (Å²) in [6.07, 6.45) is 1.52. The molecule has 1 N–H and O–H groups in total. The monoisotopic (exact) mass is 445 g/mol. The Labute approximate surface area is 190 Å². The second-order valence-corrected chi connectivity index (χ2v) is 8.82. The van der Waals surface area contributed by atoms with Gasteiger partial charge in [0.15, 0.2) is 5.78 Å². The number of hydrogen-bond acceptors (Lipinski definition) is 5. The van der Waals surface area contributed by atoms with E-state index in [-0.39, 0.29) is 12.2 Å². The van der Waals surface area contributed by atoms with E-state index in [9.17, 15) is 9.59 Å². The number of allylic oxidation sites excluding steroid dienone is 1. The van der Waals surface area contributed by atoms with Gasteiger partial charge in [-0.05, 0) is 48.0 Å². The van der Waals surface area contributed by atoms with Gasteiger partial charge >= 0.3 is 5.97 Å². The molecule has 0 spiro atoms. The number of carbonyl (C=O) groups excluding carboxylic acids is 1.